The molecule has 0 amide bonds. The van der Waals surface area contributed by atoms with Crippen LogP contribution < -0.4 is 10.4 Å². The van der Waals surface area contributed by atoms with Gasteiger partial charge in [-0.15, -0.1) is 0 Å². The van der Waals surface area contributed by atoms with Gasteiger partial charge in [0.2, 0.25) is 0 Å². The molecule has 0 fully saturated rings. The summed E-state index contributed by atoms with van der Waals surface area (Å²) in [7, 11) is 0. The van der Waals surface area contributed by atoms with Crippen molar-refractivity contribution < 1.29 is 0 Å². The summed E-state index contributed by atoms with van der Waals surface area (Å²) < 4.78 is 2.33. The predicted octanol–water partition coefficient (Wildman–Crippen LogP) is 5.68. The van der Waals surface area contributed by atoms with Gasteiger partial charge in [0.15, 0.2) is 0 Å². The minimum Gasteiger partial charge on any atom is -0.0616 e. The van der Waals surface area contributed by atoms with Crippen molar-refractivity contribution in [1.29, 1.82) is 0 Å². The Labute approximate surface area is 163 Å². The lowest BCUT2D eigenvalue weighted by Gasteiger charge is -2.34. The Hall–Kier alpha value is -1.64. The average molecular weight is 452 g/mol. The molecule has 0 spiro atoms. The van der Waals surface area contributed by atoms with Crippen molar-refractivity contribution in [3.63, 3.8) is 0 Å². The first-order valence-electron chi connectivity index (χ1n) is 8.43. The zero-order valence-corrected chi connectivity index (χ0v) is 17.2. The molecule has 0 aliphatic heterocycles. The second-order valence-electron chi connectivity index (χ2n) is 7.31. The van der Waals surface area contributed by atoms with Crippen LogP contribution in [0.2, 0.25) is 0 Å². The van der Waals surface area contributed by atoms with E-state index >= 15 is 0 Å². The van der Waals surface area contributed by atoms with Gasteiger partial charge in [0, 0.05) is 14.4 Å². The van der Waals surface area contributed by atoms with Crippen LogP contribution in [0, 0.1) is 0 Å². The van der Waals surface area contributed by atoms with E-state index in [1.165, 1.54) is 52.4 Å². The van der Waals surface area contributed by atoms with Crippen molar-refractivity contribution in [3.05, 3.63) is 84.6 Å². The molecular weight excluding hydrogens is 436 g/mol. The Balaban J connectivity index is 2.00. The summed E-state index contributed by atoms with van der Waals surface area (Å²) in [5, 5.41) is 5.28. The zero-order valence-electron chi connectivity index (χ0n) is 14.0. The molecule has 2 heteroatoms. The van der Waals surface area contributed by atoms with Gasteiger partial charge in [-0.1, -0.05) is 82.1 Å². The van der Waals surface area contributed by atoms with E-state index in [-0.39, 0.29) is 5.41 Å². The highest BCUT2D eigenvalue weighted by Gasteiger charge is 2.35. The van der Waals surface area contributed by atoms with Gasteiger partial charge in [0.05, 0.1) is 0 Å². The molecule has 0 N–H and O–H groups in total. The second kappa shape index (κ2) is 5.18. The lowest BCUT2D eigenvalue weighted by Crippen LogP contribution is -2.32. The molecule has 0 radical (unpaired) electrons. The van der Waals surface area contributed by atoms with Gasteiger partial charge in [-0.25, -0.2) is 0 Å². The van der Waals surface area contributed by atoms with Gasteiger partial charge in [0.1, 0.15) is 0 Å². The Morgan fingerprint density at radius 3 is 2.36 bits per heavy atom. The van der Waals surface area contributed by atoms with Gasteiger partial charge < -0.3 is 0 Å². The first-order valence-corrected chi connectivity index (χ1v) is 10.0. The third-order valence-corrected chi connectivity index (χ3v) is 6.89. The zero-order chi connectivity index (χ0) is 17.3. The summed E-state index contributed by atoms with van der Waals surface area (Å²) in [6.45, 7) is 4.68. The van der Waals surface area contributed by atoms with Gasteiger partial charge in [0.25, 0.3) is 0 Å². The maximum atomic E-state index is 3.79. The van der Waals surface area contributed by atoms with Crippen molar-refractivity contribution in [2.75, 3.05) is 0 Å². The second-order valence-corrected chi connectivity index (χ2v) is 9.02. The minimum absolute atomic E-state index is 0.0349. The number of rotatable bonds is 0. The lowest BCUT2D eigenvalue weighted by molar-refractivity contribution is 0.684. The quantitative estimate of drug-likeness (QED) is 0.412. The van der Waals surface area contributed by atoms with E-state index in [9.17, 15) is 0 Å². The molecule has 3 aromatic rings. The smallest absolute Gasteiger partial charge is 0.0260 e. The average Bonchev–Trinajstić information content (AvgIpc) is 2.96. The maximum absolute atomic E-state index is 3.79. The molecule has 0 nitrogen and oxygen atoms in total. The lowest BCUT2D eigenvalue weighted by atomic mass is 9.69. The SMILES string of the molecule is CC1(C)C2=c3cc(Br)c4ccccc4c3=CC2=Cc2c(Br)cccc21. The van der Waals surface area contributed by atoms with Crippen molar-refractivity contribution in [2.45, 2.75) is 19.3 Å². The van der Waals surface area contributed by atoms with Crippen LogP contribution >= 0.6 is 31.9 Å². The standard InChI is InChI=1S/C23H16Br2/c1-23(2)19-8-5-9-20(24)18(19)11-13-10-16-14-6-3-4-7-15(14)21(25)12-17(16)22(13)23/h3-12H,1-2H3. The molecule has 0 saturated heterocycles. The highest BCUT2D eigenvalue weighted by Crippen LogP contribution is 2.46. The summed E-state index contributed by atoms with van der Waals surface area (Å²) in [5.41, 5.74) is 5.42. The van der Waals surface area contributed by atoms with Crippen molar-refractivity contribution >= 4 is 60.4 Å². The Bertz CT molecular complexity index is 1230. The predicted molar refractivity (Wildman–Crippen MR) is 114 cm³/mol. The molecule has 2 aliphatic rings. The number of benzene rings is 3. The van der Waals surface area contributed by atoms with Gasteiger partial charge in [-0.05, 0) is 67.8 Å². The first-order chi connectivity index (χ1) is 12.0. The molecule has 0 atom stereocenters. The molecular formula is C23H16Br2. The number of halogens is 2. The fourth-order valence-corrected chi connectivity index (χ4v) is 5.48. The van der Waals surface area contributed by atoms with Crippen LogP contribution in [-0.2, 0) is 5.41 Å². The van der Waals surface area contributed by atoms with Crippen molar-refractivity contribution in [2.24, 2.45) is 0 Å². The number of fused-ring (bicyclic) bond motifs is 5. The molecule has 0 heterocycles. The first kappa shape index (κ1) is 15.6. The van der Waals surface area contributed by atoms with Crippen LogP contribution in [-0.4, -0.2) is 0 Å². The summed E-state index contributed by atoms with van der Waals surface area (Å²) in [4.78, 5) is 0. The molecule has 0 saturated carbocycles. The van der Waals surface area contributed by atoms with Crippen LogP contribution in [0.5, 0.6) is 0 Å². The molecule has 5 rings (SSSR count). The number of hydrogen-bond donors (Lipinski definition) is 0. The maximum Gasteiger partial charge on any atom is 0.0260 e. The van der Waals surface area contributed by atoms with E-state index in [1.807, 2.05) is 0 Å². The summed E-state index contributed by atoms with van der Waals surface area (Å²) in [6.07, 6.45) is 4.70. The van der Waals surface area contributed by atoms with Crippen molar-refractivity contribution in [1.82, 2.24) is 0 Å². The van der Waals surface area contributed by atoms with Crippen LogP contribution in [0.4, 0.5) is 0 Å². The molecule has 3 aromatic carbocycles. The van der Waals surface area contributed by atoms with Crippen LogP contribution in [0.3, 0.4) is 0 Å². The molecule has 0 bridgehead atoms. The Morgan fingerprint density at radius 1 is 0.800 bits per heavy atom. The fraction of sp³-hybridized carbons (Fsp3) is 0.130. The monoisotopic (exact) mass is 450 g/mol. The third kappa shape index (κ3) is 2.04. The van der Waals surface area contributed by atoms with Crippen LogP contribution in [0.25, 0.3) is 28.5 Å². The Morgan fingerprint density at radius 2 is 1.56 bits per heavy atom. The molecule has 0 unspecified atom stereocenters. The molecule has 122 valence electrons. The molecule has 25 heavy (non-hydrogen) atoms. The van der Waals surface area contributed by atoms with Gasteiger partial charge >= 0.3 is 0 Å². The summed E-state index contributed by atoms with van der Waals surface area (Å²) >= 11 is 7.54. The van der Waals surface area contributed by atoms with Gasteiger partial charge in [-0.2, -0.15) is 0 Å². The molecule has 2 aliphatic carbocycles. The highest BCUT2D eigenvalue weighted by atomic mass is 79.9. The van der Waals surface area contributed by atoms with Crippen molar-refractivity contribution in [3.8, 4) is 0 Å². The van der Waals surface area contributed by atoms with E-state index in [1.54, 1.807) is 0 Å². The number of hydrogen-bond acceptors (Lipinski definition) is 0. The minimum atomic E-state index is -0.0349. The van der Waals surface area contributed by atoms with Crippen LogP contribution in [0.1, 0.15) is 25.0 Å². The van der Waals surface area contributed by atoms with E-state index < -0.39 is 0 Å². The summed E-state index contributed by atoms with van der Waals surface area (Å²) in [6, 6.07) is 17.5. The Kier molecular flexibility index (Phi) is 3.24. The van der Waals surface area contributed by atoms with E-state index in [2.05, 4.69) is 106 Å². The highest BCUT2D eigenvalue weighted by molar-refractivity contribution is 9.11. The fourth-order valence-electron chi connectivity index (χ4n) is 4.43. The normalized spacial score (nSPS) is 16.8. The topological polar surface area (TPSA) is 0 Å². The third-order valence-electron chi connectivity index (χ3n) is 5.54. The largest absolute Gasteiger partial charge is 0.0616 e. The molecule has 0 aromatic heterocycles. The number of allylic oxidation sites excluding steroid dienone is 1. The van der Waals surface area contributed by atoms with E-state index in [0.717, 1.165) is 0 Å². The van der Waals surface area contributed by atoms with Gasteiger partial charge in [-0.3, -0.25) is 0 Å². The van der Waals surface area contributed by atoms with E-state index in [4.69, 9.17) is 0 Å². The van der Waals surface area contributed by atoms with Crippen LogP contribution in [0.15, 0.2) is 63.0 Å². The summed E-state index contributed by atoms with van der Waals surface area (Å²) in [5.74, 6) is 0. The van der Waals surface area contributed by atoms with E-state index in [0.29, 0.717) is 0 Å².